The van der Waals surface area contributed by atoms with Crippen LogP contribution >= 0.6 is 15.9 Å². The third kappa shape index (κ3) is 2.44. The largest absolute Gasteiger partial charge is 0.314 e. The molecule has 0 radical (unpaired) electrons. The Morgan fingerprint density at radius 3 is 2.84 bits per heavy atom. The summed E-state index contributed by atoms with van der Waals surface area (Å²) in [4.78, 5) is 25.5. The van der Waals surface area contributed by atoms with Crippen LogP contribution in [0.15, 0.2) is 22.7 Å². The zero-order valence-corrected chi connectivity index (χ0v) is 12.1. The van der Waals surface area contributed by atoms with Crippen LogP contribution in [0, 0.1) is 0 Å². The number of hydrogen-bond donors (Lipinski definition) is 1. The number of ketones is 1. The summed E-state index contributed by atoms with van der Waals surface area (Å²) < 4.78 is 0.696. The average molecular weight is 323 g/mol. The number of Topliss-reactive ketones (excluding diaryl/α,β-unsaturated/α-hetero) is 1. The molecular formula is C14H15BrN2O2. The lowest BCUT2D eigenvalue weighted by Crippen LogP contribution is -2.32. The summed E-state index contributed by atoms with van der Waals surface area (Å²) in [7, 11) is 0. The molecule has 1 heterocycles. The van der Waals surface area contributed by atoms with Gasteiger partial charge in [-0.1, -0.05) is 6.07 Å². The van der Waals surface area contributed by atoms with Gasteiger partial charge in [-0.2, -0.15) is 0 Å². The summed E-state index contributed by atoms with van der Waals surface area (Å²) in [5.74, 6) is -0.814. The van der Waals surface area contributed by atoms with E-state index in [0.717, 1.165) is 18.7 Å². The van der Waals surface area contributed by atoms with Gasteiger partial charge >= 0.3 is 0 Å². The highest BCUT2D eigenvalue weighted by Gasteiger charge is 2.36. The highest BCUT2D eigenvalue weighted by Crippen LogP contribution is 2.34. The van der Waals surface area contributed by atoms with E-state index in [1.807, 2.05) is 12.1 Å². The molecule has 1 aromatic carbocycles. The normalized spacial score (nSPS) is 18.1. The van der Waals surface area contributed by atoms with E-state index in [1.165, 1.54) is 12.8 Å². The van der Waals surface area contributed by atoms with E-state index in [9.17, 15) is 9.59 Å². The van der Waals surface area contributed by atoms with Crippen LogP contribution in [0.3, 0.4) is 0 Å². The standard InChI is InChI=1S/C14H15BrN2O2/c15-10-3-1-4-11-12(10)13(18)14(19)17(11)8-2-7-16-9-5-6-9/h1,3-4,9,16H,2,5-8H2. The van der Waals surface area contributed by atoms with Gasteiger partial charge in [0.2, 0.25) is 0 Å². The molecule has 0 saturated heterocycles. The molecule has 1 aliphatic carbocycles. The second-order valence-electron chi connectivity index (χ2n) is 5.00. The molecule has 19 heavy (non-hydrogen) atoms. The van der Waals surface area contributed by atoms with Gasteiger partial charge in [0.05, 0.1) is 11.3 Å². The summed E-state index contributed by atoms with van der Waals surface area (Å²) in [5.41, 5.74) is 1.23. The van der Waals surface area contributed by atoms with Gasteiger partial charge in [0.15, 0.2) is 0 Å². The van der Waals surface area contributed by atoms with Crippen molar-refractivity contribution in [3.63, 3.8) is 0 Å². The van der Waals surface area contributed by atoms with Gasteiger partial charge in [-0.05, 0) is 53.9 Å². The van der Waals surface area contributed by atoms with Crippen molar-refractivity contribution in [1.82, 2.24) is 5.32 Å². The Hall–Kier alpha value is -1.20. The molecule has 1 fully saturated rings. The molecule has 3 rings (SSSR count). The smallest absolute Gasteiger partial charge is 0.299 e. The van der Waals surface area contributed by atoms with Gasteiger partial charge in [-0.3, -0.25) is 9.59 Å². The van der Waals surface area contributed by atoms with Gasteiger partial charge in [-0.15, -0.1) is 0 Å². The molecule has 1 aliphatic heterocycles. The van der Waals surface area contributed by atoms with E-state index in [1.54, 1.807) is 11.0 Å². The molecule has 0 atom stereocenters. The minimum absolute atomic E-state index is 0.405. The maximum atomic E-state index is 12.0. The number of amides is 1. The van der Waals surface area contributed by atoms with Gasteiger partial charge < -0.3 is 10.2 Å². The van der Waals surface area contributed by atoms with E-state index in [0.29, 0.717) is 22.6 Å². The Bertz CT molecular complexity index is 540. The third-order valence-electron chi connectivity index (χ3n) is 3.52. The van der Waals surface area contributed by atoms with Crippen molar-refractivity contribution in [3.8, 4) is 0 Å². The van der Waals surface area contributed by atoms with Crippen molar-refractivity contribution in [2.75, 3.05) is 18.0 Å². The average Bonchev–Trinajstić information content (AvgIpc) is 3.17. The topological polar surface area (TPSA) is 49.4 Å². The Morgan fingerprint density at radius 1 is 1.32 bits per heavy atom. The lowest BCUT2D eigenvalue weighted by molar-refractivity contribution is -0.114. The van der Waals surface area contributed by atoms with Crippen LogP contribution in [0.2, 0.25) is 0 Å². The molecule has 1 amide bonds. The van der Waals surface area contributed by atoms with Crippen LogP contribution in [0.25, 0.3) is 0 Å². The number of carbonyl (C=O) groups is 2. The number of nitrogens with zero attached hydrogens (tertiary/aromatic N) is 1. The number of hydrogen-bond acceptors (Lipinski definition) is 3. The first-order valence-corrected chi connectivity index (χ1v) is 7.36. The maximum Gasteiger partial charge on any atom is 0.299 e. The first-order valence-electron chi connectivity index (χ1n) is 6.56. The van der Waals surface area contributed by atoms with Gasteiger partial charge in [0, 0.05) is 17.1 Å². The quantitative estimate of drug-likeness (QED) is 0.667. The van der Waals surface area contributed by atoms with Crippen LogP contribution in [0.1, 0.15) is 29.6 Å². The molecule has 1 aromatic rings. The Labute approximate surface area is 120 Å². The molecule has 4 nitrogen and oxygen atoms in total. The summed E-state index contributed by atoms with van der Waals surface area (Å²) >= 11 is 3.34. The minimum atomic E-state index is -0.409. The van der Waals surface area contributed by atoms with E-state index in [-0.39, 0.29) is 0 Å². The molecule has 0 bridgehead atoms. The van der Waals surface area contributed by atoms with Gasteiger partial charge in [0.1, 0.15) is 0 Å². The second-order valence-corrected chi connectivity index (χ2v) is 5.86. The predicted octanol–water partition coefficient (Wildman–Crippen LogP) is 2.12. The first kappa shape index (κ1) is 12.8. The fourth-order valence-corrected chi connectivity index (χ4v) is 2.89. The summed E-state index contributed by atoms with van der Waals surface area (Å²) in [6.07, 6.45) is 3.38. The van der Waals surface area contributed by atoms with Crippen LogP contribution < -0.4 is 10.2 Å². The van der Waals surface area contributed by atoms with Crippen molar-refractivity contribution >= 4 is 33.3 Å². The molecule has 5 heteroatoms. The fourth-order valence-electron chi connectivity index (χ4n) is 2.35. The first-order chi connectivity index (χ1) is 9.18. The predicted molar refractivity (Wildman–Crippen MR) is 76.5 cm³/mol. The molecule has 2 aliphatic rings. The summed E-state index contributed by atoms with van der Waals surface area (Å²) in [6, 6.07) is 6.15. The Morgan fingerprint density at radius 2 is 2.11 bits per heavy atom. The lowest BCUT2D eigenvalue weighted by atomic mass is 10.1. The second kappa shape index (κ2) is 5.06. The van der Waals surface area contributed by atoms with Crippen molar-refractivity contribution in [3.05, 3.63) is 28.2 Å². The fraction of sp³-hybridized carbons (Fsp3) is 0.429. The van der Waals surface area contributed by atoms with Crippen LogP contribution in [0.4, 0.5) is 5.69 Å². The molecule has 0 aromatic heterocycles. The number of anilines is 1. The maximum absolute atomic E-state index is 12.0. The van der Waals surface area contributed by atoms with Crippen molar-refractivity contribution < 1.29 is 9.59 Å². The number of fused-ring (bicyclic) bond motifs is 1. The number of carbonyl (C=O) groups excluding carboxylic acids is 2. The number of benzene rings is 1. The van der Waals surface area contributed by atoms with Crippen molar-refractivity contribution in [2.45, 2.75) is 25.3 Å². The summed E-state index contributed by atoms with van der Waals surface area (Å²) in [5, 5.41) is 3.41. The lowest BCUT2D eigenvalue weighted by Gasteiger charge is -2.16. The number of rotatable bonds is 5. The van der Waals surface area contributed by atoms with E-state index in [2.05, 4.69) is 21.2 Å². The number of halogens is 1. The van der Waals surface area contributed by atoms with E-state index in [4.69, 9.17) is 0 Å². The molecule has 1 N–H and O–H groups in total. The highest BCUT2D eigenvalue weighted by atomic mass is 79.9. The Balaban J connectivity index is 1.69. The van der Waals surface area contributed by atoms with Crippen molar-refractivity contribution in [1.29, 1.82) is 0 Å². The highest BCUT2D eigenvalue weighted by molar-refractivity contribution is 9.10. The number of nitrogens with one attached hydrogen (secondary N) is 1. The molecule has 0 spiro atoms. The monoisotopic (exact) mass is 322 g/mol. The molecule has 1 saturated carbocycles. The van der Waals surface area contributed by atoms with Crippen LogP contribution in [-0.4, -0.2) is 30.8 Å². The third-order valence-corrected chi connectivity index (χ3v) is 4.18. The molecule has 100 valence electrons. The zero-order chi connectivity index (χ0) is 13.4. The zero-order valence-electron chi connectivity index (χ0n) is 10.5. The van der Waals surface area contributed by atoms with Gasteiger partial charge in [-0.25, -0.2) is 0 Å². The molecular weight excluding hydrogens is 308 g/mol. The van der Waals surface area contributed by atoms with E-state index >= 15 is 0 Å². The van der Waals surface area contributed by atoms with Crippen molar-refractivity contribution in [2.24, 2.45) is 0 Å². The van der Waals surface area contributed by atoms with E-state index < -0.39 is 11.7 Å². The minimum Gasteiger partial charge on any atom is -0.314 e. The van der Waals surface area contributed by atoms with Crippen LogP contribution in [0.5, 0.6) is 0 Å². The summed E-state index contributed by atoms with van der Waals surface area (Å²) in [6.45, 7) is 1.49. The Kier molecular flexibility index (Phi) is 3.41. The van der Waals surface area contributed by atoms with Crippen LogP contribution in [-0.2, 0) is 4.79 Å². The van der Waals surface area contributed by atoms with Gasteiger partial charge in [0.25, 0.3) is 11.7 Å². The molecule has 0 unspecified atom stereocenters. The SMILES string of the molecule is O=C1C(=O)N(CCCNC2CC2)c2cccc(Br)c21.